The number of rotatable bonds is 29. The number of carbonyl (C=O) groups is 2. The van der Waals surface area contributed by atoms with Gasteiger partial charge in [0.2, 0.25) is 18.0 Å². The number of fused-ring (bicyclic) bond motifs is 2. The van der Waals surface area contributed by atoms with Gasteiger partial charge in [-0.15, -0.1) is 6.58 Å². The van der Waals surface area contributed by atoms with Crippen molar-refractivity contribution in [2.24, 2.45) is 22.9 Å². The summed E-state index contributed by atoms with van der Waals surface area (Å²) >= 11 is 0. The van der Waals surface area contributed by atoms with Crippen molar-refractivity contribution >= 4 is 17.7 Å². The quantitative estimate of drug-likeness (QED) is 0.0351. The highest BCUT2D eigenvalue weighted by Crippen LogP contribution is 2.62. The summed E-state index contributed by atoms with van der Waals surface area (Å²) < 4.78 is 41.3. The molecule has 2 heterocycles. The van der Waals surface area contributed by atoms with E-state index < -0.39 is 30.1 Å². The van der Waals surface area contributed by atoms with E-state index in [4.69, 9.17) is 28.9 Å². The van der Waals surface area contributed by atoms with Gasteiger partial charge in [0.1, 0.15) is 23.4 Å². The zero-order chi connectivity index (χ0) is 50.5. The number of amides is 2. The molecule has 0 spiro atoms. The Morgan fingerprint density at radius 2 is 1.62 bits per heavy atom. The van der Waals surface area contributed by atoms with E-state index in [2.05, 4.69) is 24.9 Å². The van der Waals surface area contributed by atoms with Crippen molar-refractivity contribution in [2.75, 3.05) is 26.4 Å². The van der Waals surface area contributed by atoms with Gasteiger partial charge in [-0.1, -0.05) is 131 Å². The van der Waals surface area contributed by atoms with E-state index in [9.17, 15) is 19.4 Å². The number of carbonyl (C=O) groups excluding carboxylic acids is 2. The van der Waals surface area contributed by atoms with Crippen LogP contribution in [0.3, 0.4) is 0 Å². The number of hydrogen-bond donors (Lipinski definition) is 3. The van der Waals surface area contributed by atoms with Crippen LogP contribution in [0.4, 0.5) is 9.18 Å². The number of nitrogens with one attached hydrogen (secondary N) is 1. The molecule has 1 saturated carbocycles. The molecule has 392 valence electrons. The predicted molar refractivity (Wildman–Crippen MR) is 278 cm³/mol. The summed E-state index contributed by atoms with van der Waals surface area (Å²) in [6.45, 7) is 7.58. The molecular formula is C59H80FN3O9. The Labute approximate surface area is 427 Å². The molecule has 3 N–H and O–H groups in total. The number of oxime groups is 1. The second-order valence-electron chi connectivity index (χ2n) is 20.1. The van der Waals surface area contributed by atoms with Gasteiger partial charge in [-0.3, -0.25) is 4.79 Å². The minimum Gasteiger partial charge on any atom is -0.459 e. The van der Waals surface area contributed by atoms with E-state index in [0.29, 0.717) is 56.0 Å². The average molecular weight is 994 g/mol. The molecule has 0 radical (unpaired) electrons. The molecule has 3 aromatic rings. The summed E-state index contributed by atoms with van der Waals surface area (Å²) in [6, 6.07) is 20.7. The van der Waals surface area contributed by atoms with Crippen LogP contribution in [0, 0.1) is 23.6 Å². The third-order valence-corrected chi connectivity index (χ3v) is 15.0. The smallest absolute Gasteiger partial charge is 0.412 e. The molecule has 0 bridgehead atoms. The molecule has 3 aromatic carbocycles. The number of allylic oxidation sites excluding steroid dienone is 1. The van der Waals surface area contributed by atoms with Crippen molar-refractivity contribution in [3.8, 4) is 11.5 Å². The van der Waals surface area contributed by atoms with Crippen molar-refractivity contribution in [2.45, 2.75) is 172 Å². The van der Waals surface area contributed by atoms with Crippen LogP contribution in [-0.4, -0.2) is 77.4 Å². The largest absolute Gasteiger partial charge is 0.459 e. The van der Waals surface area contributed by atoms with Crippen molar-refractivity contribution in [1.29, 1.82) is 0 Å². The molecule has 7 rings (SSSR count). The van der Waals surface area contributed by atoms with Crippen LogP contribution in [0.25, 0.3) is 0 Å². The fourth-order valence-electron chi connectivity index (χ4n) is 11.4. The van der Waals surface area contributed by atoms with Crippen LogP contribution in [0.1, 0.15) is 158 Å². The van der Waals surface area contributed by atoms with E-state index in [1.54, 1.807) is 24.3 Å². The third-order valence-electron chi connectivity index (χ3n) is 15.0. The molecule has 4 aliphatic rings. The Kier molecular flexibility index (Phi) is 21.6. The Bertz CT molecular complexity index is 2220. The lowest BCUT2D eigenvalue weighted by Crippen LogP contribution is -2.70. The highest BCUT2D eigenvalue weighted by Gasteiger charge is 2.65. The fraction of sp³-hybridized carbons (Fsp3) is 0.576. The number of benzene rings is 3. The maximum absolute atomic E-state index is 15.3. The van der Waals surface area contributed by atoms with Gasteiger partial charge in [-0.2, -0.15) is 0 Å². The van der Waals surface area contributed by atoms with Gasteiger partial charge in [0.15, 0.2) is 0 Å². The Balaban J connectivity index is 1.35. The number of ether oxygens (including phenoxy) is 4. The molecule has 13 heteroatoms. The number of unbranched alkanes of at least 4 members (excludes halogenated alkanes) is 10. The summed E-state index contributed by atoms with van der Waals surface area (Å²) in [5, 5.41) is 28.0. The van der Waals surface area contributed by atoms with Gasteiger partial charge in [-0.05, 0) is 104 Å². The van der Waals surface area contributed by atoms with E-state index in [0.717, 1.165) is 86.5 Å². The normalized spacial score (nSPS) is 23.8. The molecule has 0 aromatic heterocycles. The summed E-state index contributed by atoms with van der Waals surface area (Å²) in [4.78, 5) is 36.9. The summed E-state index contributed by atoms with van der Waals surface area (Å²) in [5.74, 6) is -1.95. The van der Waals surface area contributed by atoms with E-state index in [-0.39, 0.29) is 62.3 Å². The molecule has 12 nitrogen and oxygen atoms in total. The highest BCUT2D eigenvalue weighted by molar-refractivity contribution is 6.03. The van der Waals surface area contributed by atoms with Crippen LogP contribution in [-0.2, 0) is 32.2 Å². The molecule has 72 heavy (non-hydrogen) atoms. The van der Waals surface area contributed by atoms with Crippen molar-refractivity contribution < 1.29 is 48.0 Å². The highest BCUT2D eigenvalue weighted by atomic mass is 19.1. The number of halogens is 1. The number of nitrogens with zero attached hydrogens (tertiary/aromatic N) is 2. The maximum Gasteiger partial charge on any atom is 0.412 e. The number of hydrogen-bond acceptors (Lipinski definition) is 10. The van der Waals surface area contributed by atoms with Crippen LogP contribution in [0.2, 0.25) is 0 Å². The van der Waals surface area contributed by atoms with Gasteiger partial charge >= 0.3 is 6.09 Å². The maximum atomic E-state index is 15.3. The first kappa shape index (κ1) is 54.7. The van der Waals surface area contributed by atoms with E-state index in [1.165, 1.54) is 44.2 Å². The average Bonchev–Trinajstić information content (AvgIpc) is 3.40. The lowest BCUT2D eigenvalue weighted by molar-refractivity contribution is -0.258. The van der Waals surface area contributed by atoms with Crippen molar-refractivity contribution in [1.82, 2.24) is 10.2 Å². The SMILES string of the molecule is C=CCOC12Oc3ccc(OC(=O)NCc4ccccc4)cc3C3C(CCCCO)C(CCCCO)C=C(C(=NOC4CCCCO4)CC1N(Cc1ccc(F)cc1)C(=O)CCCCCCCCCCC)C32. The van der Waals surface area contributed by atoms with Crippen LogP contribution < -0.4 is 14.8 Å². The van der Waals surface area contributed by atoms with Gasteiger partial charge in [-0.25, -0.2) is 9.18 Å². The number of aliphatic hydroxyl groups is 2. The van der Waals surface area contributed by atoms with Crippen LogP contribution >= 0.6 is 0 Å². The molecule has 2 amide bonds. The van der Waals surface area contributed by atoms with E-state index >= 15 is 4.79 Å². The fourth-order valence-corrected chi connectivity index (χ4v) is 11.4. The van der Waals surface area contributed by atoms with Crippen molar-refractivity contribution in [3.63, 3.8) is 0 Å². The molecule has 1 saturated heterocycles. The minimum atomic E-state index is -1.49. The first-order chi connectivity index (χ1) is 35.3. The van der Waals surface area contributed by atoms with Gasteiger partial charge in [0, 0.05) is 57.0 Å². The van der Waals surface area contributed by atoms with Crippen LogP contribution in [0.15, 0.2) is 102 Å². The topological polar surface area (TPSA) is 148 Å². The standard InChI is InChI=1S/C59H80FN3O9/c1-3-5-6-7-8-9-10-11-15-26-54(66)63(42-44-28-30-46(60)31-29-44)53-40-51(62-72-55-27-18-21-37-68-55)49-38-45(24-16-19-34-64)48(25-17-20-35-65)56-50-39-47(70-58(67)61-41-43-22-13-12-14-23-43)32-33-52(50)71-59(53,57(49)56)69-36-4-2/h4,12-14,22-23,28-33,38-39,45,48,53,55-57,64-65H,2-3,5-11,15-21,24-27,34-37,40-42H2,1H3,(H,61,67). The predicted octanol–water partition coefficient (Wildman–Crippen LogP) is 12.2. The van der Waals surface area contributed by atoms with Gasteiger partial charge in [0.05, 0.1) is 24.8 Å². The monoisotopic (exact) mass is 994 g/mol. The summed E-state index contributed by atoms with van der Waals surface area (Å²) in [7, 11) is 0. The van der Waals surface area contributed by atoms with Gasteiger partial charge < -0.3 is 44.2 Å². The molecular weight excluding hydrogens is 914 g/mol. The number of aliphatic hydroxyl groups excluding tert-OH is 2. The molecule has 7 atom stereocenters. The lowest BCUT2D eigenvalue weighted by Gasteiger charge is -2.60. The molecule has 7 unspecified atom stereocenters. The third kappa shape index (κ3) is 14.6. The second kappa shape index (κ2) is 28.4. The Hall–Kier alpha value is -5.08. The van der Waals surface area contributed by atoms with Crippen molar-refractivity contribution in [3.05, 3.63) is 120 Å². The zero-order valence-corrected chi connectivity index (χ0v) is 42.7. The first-order valence-corrected chi connectivity index (χ1v) is 27.2. The molecule has 2 aliphatic carbocycles. The molecule has 2 aliphatic heterocycles. The first-order valence-electron chi connectivity index (χ1n) is 27.2. The Morgan fingerprint density at radius 3 is 2.33 bits per heavy atom. The second-order valence-corrected chi connectivity index (χ2v) is 20.1. The zero-order valence-electron chi connectivity index (χ0n) is 42.7. The summed E-state index contributed by atoms with van der Waals surface area (Å²) in [6.07, 6.45) is 20.3. The summed E-state index contributed by atoms with van der Waals surface area (Å²) in [5.41, 5.74) is 4.10. The minimum absolute atomic E-state index is 0.00423. The Morgan fingerprint density at radius 1 is 0.889 bits per heavy atom. The van der Waals surface area contributed by atoms with Crippen LogP contribution in [0.5, 0.6) is 11.5 Å². The van der Waals surface area contributed by atoms with E-state index in [1.807, 2.05) is 47.4 Å². The molecule has 2 fully saturated rings. The van der Waals surface area contributed by atoms with Gasteiger partial charge in [0.25, 0.3) is 0 Å². The lowest BCUT2D eigenvalue weighted by atomic mass is 9.55.